The molecule has 0 saturated heterocycles. The zero-order chi connectivity index (χ0) is 13.7. The summed E-state index contributed by atoms with van der Waals surface area (Å²) in [6, 6.07) is 3.86. The van der Waals surface area contributed by atoms with Crippen LogP contribution in [0, 0.1) is 3.57 Å². The van der Waals surface area contributed by atoms with Crippen LogP contribution >= 0.6 is 22.6 Å². The van der Waals surface area contributed by atoms with Crippen molar-refractivity contribution in [2.45, 2.75) is 11.1 Å². The van der Waals surface area contributed by atoms with E-state index in [9.17, 15) is 26.4 Å². The van der Waals surface area contributed by atoms with Crippen LogP contribution in [0.3, 0.4) is 0 Å². The summed E-state index contributed by atoms with van der Waals surface area (Å²) in [4.78, 5) is 11.3. The minimum absolute atomic E-state index is 0.145. The predicted molar refractivity (Wildman–Crippen MR) is 63.4 cm³/mol. The Morgan fingerprint density at radius 3 is 2.44 bits per heavy atom. The van der Waals surface area contributed by atoms with Crippen molar-refractivity contribution < 1.29 is 26.4 Å². The molecular weight excluding hydrogens is 386 g/mol. The molecule has 0 N–H and O–H groups in total. The Bertz CT molecular complexity index is 626. The van der Waals surface area contributed by atoms with Gasteiger partial charge in [0, 0.05) is 3.57 Å². The molecule has 1 heterocycles. The molecular formula is C9H5F3INO3S. The van der Waals surface area contributed by atoms with Gasteiger partial charge < -0.3 is 0 Å². The Balaban J connectivity index is 2.55. The fourth-order valence-electron chi connectivity index (χ4n) is 1.57. The van der Waals surface area contributed by atoms with E-state index >= 15 is 0 Å². The number of sulfonamides is 1. The molecule has 0 saturated carbocycles. The van der Waals surface area contributed by atoms with Crippen LogP contribution in [0.5, 0.6) is 0 Å². The number of nitrogens with zero attached hydrogens (tertiary/aromatic N) is 1. The number of rotatable bonds is 1. The normalized spacial score (nSPS) is 18.0. The van der Waals surface area contributed by atoms with Crippen LogP contribution in [0.15, 0.2) is 23.1 Å². The van der Waals surface area contributed by atoms with Crippen LogP contribution in [-0.2, 0) is 10.0 Å². The lowest BCUT2D eigenvalue weighted by Gasteiger charge is -2.16. The van der Waals surface area contributed by atoms with Gasteiger partial charge in [0.15, 0.2) is 0 Å². The number of amides is 1. The molecule has 0 spiro atoms. The summed E-state index contributed by atoms with van der Waals surface area (Å²) >= 11 is 1.82. The predicted octanol–water partition coefficient (Wildman–Crippen LogP) is 2.00. The van der Waals surface area contributed by atoms with Crippen LogP contribution in [0.4, 0.5) is 13.2 Å². The summed E-state index contributed by atoms with van der Waals surface area (Å²) in [5.74, 6) is -1.14. The maximum atomic E-state index is 12.3. The van der Waals surface area contributed by atoms with Crippen LogP contribution in [0.2, 0.25) is 0 Å². The number of hydrogen-bond donors (Lipinski definition) is 0. The van der Waals surface area contributed by atoms with E-state index in [0.29, 0.717) is 3.57 Å². The van der Waals surface area contributed by atoms with Crippen molar-refractivity contribution in [1.82, 2.24) is 4.31 Å². The number of carbonyl (C=O) groups is 1. The van der Waals surface area contributed by atoms with Gasteiger partial charge in [0.1, 0.15) is 11.4 Å². The first-order chi connectivity index (χ1) is 8.13. The van der Waals surface area contributed by atoms with Crippen LogP contribution in [-0.4, -0.2) is 31.4 Å². The first-order valence-electron chi connectivity index (χ1n) is 4.56. The first kappa shape index (κ1) is 13.6. The summed E-state index contributed by atoms with van der Waals surface area (Å²) in [5, 5.41) is 0. The zero-order valence-electron chi connectivity index (χ0n) is 8.53. The van der Waals surface area contributed by atoms with E-state index < -0.39 is 28.7 Å². The van der Waals surface area contributed by atoms with Gasteiger partial charge in [0.25, 0.3) is 15.9 Å². The highest BCUT2D eigenvalue weighted by Gasteiger charge is 2.46. The summed E-state index contributed by atoms with van der Waals surface area (Å²) in [5.41, 5.74) is -0.223. The quantitative estimate of drug-likeness (QED) is 0.689. The van der Waals surface area contributed by atoms with Crippen molar-refractivity contribution >= 4 is 38.5 Å². The fraction of sp³-hybridized carbons (Fsp3) is 0.222. The molecule has 4 nitrogen and oxygen atoms in total. The third-order valence-corrected chi connectivity index (χ3v) is 4.73. The van der Waals surface area contributed by atoms with Crippen molar-refractivity contribution in [3.63, 3.8) is 0 Å². The maximum absolute atomic E-state index is 12.3. The summed E-state index contributed by atoms with van der Waals surface area (Å²) in [7, 11) is -4.39. The lowest BCUT2D eigenvalue weighted by molar-refractivity contribution is -0.132. The molecule has 1 amide bonds. The topological polar surface area (TPSA) is 54.5 Å². The lowest BCUT2D eigenvalue weighted by Crippen LogP contribution is -2.38. The number of halogens is 4. The molecule has 1 aromatic carbocycles. The van der Waals surface area contributed by atoms with Gasteiger partial charge in [-0.05, 0) is 40.8 Å². The minimum Gasteiger partial charge on any atom is -0.268 e. The van der Waals surface area contributed by atoms with Gasteiger partial charge in [-0.3, -0.25) is 4.79 Å². The standard InChI is InChI=1S/C9H5F3INO3S/c10-9(11,12)4-14-8(15)6-2-1-5(13)3-7(6)18(14,16)17/h1-3H,4H2. The molecule has 0 bridgehead atoms. The van der Waals surface area contributed by atoms with E-state index in [1.165, 1.54) is 18.2 Å². The summed E-state index contributed by atoms with van der Waals surface area (Å²) in [6.07, 6.45) is -4.77. The highest BCUT2D eigenvalue weighted by Crippen LogP contribution is 2.33. The summed E-state index contributed by atoms with van der Waals surface area (Å²) in [6.45, 7) is -1.81. The summed E-state index contributed by atoms with van der Waals surface area (Å²) < 4.78 is 60.8. The zero-order valence-corrected chi connectivity index (χ0v) is 11.5. The Kier molecular flexibility index (Phi) is 3.08. The highest BCUT2D eigenvalue weighted by molar-refractivity contribution is 14.1. The number of alkyl halides is 3. The molecule has 0 aliphatic carbocycles. The smallest absolute Gasteiger partial charge is 0.268 e. The molecule has 9 heteroatoms. The van der Waals surface area contributed by atoms with E-state index in [2.05, 4.69) is 0 Å². The Hall–Kier alpha value is -0.840. The van der Waals surface area contributed by atoms with Crippen molar-refractivity contribution in [3.8, 4) is 0 Å². The monoisotopic (exact) mass is 391 g/mol. The number of hydrogen-bond acceptors (Lipinski definition) is 3. The third kappa shape index (κ3) is 2.20. The Morgan fingerprint density at radius 1 is 1.28 bits per heavy atom. The molecule has 0 fully saturated rings. The van der Waals surface area contributed by atoms with Crippen molar-refractivity contribution in [1.29, 1.82) is 0 Å². The molecule has 0 atom stereocenters. The average molecular weight is 391 g/mol. The molecule has 1 aromatic rings. The SMILES string of the molecule is O=C1c2ccc(I)cc2S(=O)(=O)N1CC(F)(F)F. The molecule has 0 aromatic heterocycles. The van der Waals surface area contributed by atoms with Gasteiger partial charge in [-0.15, -0.1) is 0 Å². The van der Waals surface area contributed by atoms with Gasteiger partial charge in [-0.1, -0.05) is 0 Å². The minimum atomic E-state index is -4.77. The molecule has 18 heavy (non-hydrogen) atoms. The number of fused-ring (bicyclic) bond motifs is 1. The van der Waals surface area contributed by atoms with Crippen LogP contribution in [0.1, 0.15) is 10.4 Å². The Labute approximate surface area is 114 Å². The van der Waals surface area contributed by atoms with Gasteiger partial charge in [0.05, 0.1) is 5.56 Å². The van der Waals surface area contributed by atoms with E-state index in [4.69, 9.17) is 0 Å². The molecule has 1 aliphatic rings. The highest BCUT2D eigenvalue weighted by atomic mass is 127. The third-order valence-electron chi connectivity index (χ3n) is 2.29. The molecule has 2 rings (SSSR count). The van der Waals surface area contributed by atoms with Crippen molar-refractivity contribution in [2.75, 3.05) is 6.54 Å². The first-order valence-corrected chi connectivity index (χ1v) is 7.08. The van der Waals surface area contributed by atoms with Gasteiger partial charge >= 0.3 is 6.18 Å². The molecule has 0 radical (unpaired) electrons. The second-order valence-corrected chi connectivity index (χ2v) is 6.65. The van der Waals surface area contributed by atoms with Crippen LogP contribution in [0.25, 0.3) is 0 Å². The lowest BCUT2D eigenvalue weighted by atomic mass is 10.2. The van der Waals surface area contributed by atoms with E-state index in [-0.39, 0.29) is 14.8 Å². The molecule has 98 valence electrons. The maximum Gasteiger partial charge on any atom is 0.407 e. The second kappa shape index (κ2) is 4.08. The fourth-order valence-corrected chi connectivity index (χ4v) is 3.85. The van der Waals surface area contributed by atoms with Crippen molar-refractivity contribution in [3.05, 3.63) is 27.3 Å². The van der Waals surface area contributed by atoms with Gasteiger partial charge in [-0.2, -0.15) is 13.2 Å². The number of carbonyl (C=O) groups excluding carboxylic acids is 1. The Morgan fingerprint density at radius 2 is 1.89 bits per heavy atom. The average Bonchev–Trinajstić information content (AvgIpc) is 2.38. The molecule has 0 unspecified atom stereocenters. The van der Waals surface area contributed by atoms with Crippen molar-refractivity contribution in [2.24, 2.45) is 0 Å². The largest absolute Gasteiger partial charge is 0.407 e. The van der Waals surface area contributed by atoms with E-state index in [1.807, 2.05) is 22.6 Å². The number of benzene rings is 1. The van der Waals surface area contributed by atoms with Gasteiger partial charge in [0.2, 0.25) is 0 Å². The van der Waals surface area contributed by atoms with Gasteiger partial charge in [-0.25, -0.2) is 12.7 Å². The van der Waals surface area contributed by atoms with Crippen LogP contribution < -0.4 is 0 Å². The van der Waals surface area contributed by atoms with E-state index in [1.54, 1.807) is 0 Å². The van der Waals surface area contributed by atoms with E-state index in [0.717, 1.165) is 0 Å². The molecule has 1 aliphatic heterocycles. The second-order valence-electron chi connectivity index (χ2n) is 3.57.